The third-order valence-corrected chi connectivity index (χ3v) is 0.871. The molecule has 0 atom stereocenters. The summed E-state index contributed by atoms with van der Waals surface area (Å²) in [7, 11) is 0. The summed E-state index contributed by atoms with van der Waals surface area (Å²) in [5.41, 5.74) is 0. The first-order valence-corrected chi connectivity index (χ1v) is 3.08. The fraction of sp³-hybridized carbons (Fsp3) is 0.250. The van der Waals surface area contributed by atoms with E-state index in [2.05, 4.69) is 4.74 Å². The zero-order valence-electron chi connectivity index (χ0n) is 5.29. The standard InChI is InChI=1S/C6H6.C2H4O/c1-2-4-6-5-3-1;1-2-3-1/h1-6H;1-2H2. The van der Waals surface area contributed by atoms with Crippen molar-refractivity contribution in [1.82, 2.24) is 0 Å². The predicted octanol–water partition coefficient (Wildman–Crippen LogP) is 1.70. The second kappa shape index (κ2) is 4.10. The third-order valence-electron chi connectivity index (χ3n) is 0.871. The van der Waals surface area contributed by atoms with Gasteiger partial charge in [0.2, 0.25) is 0 Å². The molecule has 0 spiro atoms. The van der Waals surface area contributed by atoms with Gasteiger partial charge in [-0.15, -0.1) is 0 Å². The van der Waals surface area contributed by atoms with Gasteiger partial charge in [0, 0.05) is 0 Å². The molecule has 0 unspecified atom stereocenters. The van der Waals surface area contributed by atoms with Crippen LogP contribution in [0.25, 0.3) is 0 Å². The Labute approximate surface area is 55.3 Å². The molecule has 1 saturated heterocycles. The first-order valence-electron chi connectivity index (χ1n) is 3.08. The summed E-state index contributed by atoms with van der Waals surface area (Å²) in [6.45, 7) is 2.00. The van der Waals surface area contributed by atoms with Gasteiger partial charge < -0.3 is 4.74 Å². The quantitative estimate of drug-likeness (QED) is 0.477. The highest BCUT2D eigenvalue weighted by atomic mass is 16.6. The molecule has 0 radical (unpaired) electrons. The van der Waals surface area contributed by atoms with Crippen molar-refractivity contribution in [2.75, 3.05) is 13.2 Å². The number of hydrogen-bond donors (Lipinski definition) is 0. The van der Waals surface area contributed by atoms with Gasteiger partial charge >= 0.3 is 0 Å². The Hall–Kier alpha value is -0.820. The van der Waals surface area contributed by atoms with Crippen molar-refractivity contribution in [1.29, 1.82) is 0 Å². The Morgan fingerprint density at radius 1 is 0.667 bits per heavy atom. The molecule has 0 N–H and O–H groups in total. The van der Waals surface area contributed by atoms with Gasteiger partial charge in [-0.05, 0) is 0 Å². The van der Waals surface area contributed by atoms with Crippen molar-refractivity contribution >= 4 is 0 Å². The van der Waals surface area contributed by atoms with Crippen LogP contribution in [0, 0.1) is 0 Å². The summed E-state index contributed by atoms with van der Waals surface area (Å²) in [6.07, 6.45) is 0. The van der Waals surface area contributed by atoms with E-state index in [1.165, 1.54) is 0 Å². The van der Waals surface area contributed by atoms with E-state index in [4.69, 9.17) is 0 Å². The van der Waals surface area contributed by atoms with Crippen molar-refractivity contribution < 1.29 is 4.74 Å². The van der Waals surface area contributed by atoms with E-state index < -0.39 is 0 Å². The average molecular weight is 122 g/mol. The molecule has 1 fully saturated rings. The van der Waals surface area contributed by atoms with Crippen LogP contribution in [0.1, 0.15) is 0 Å². The highest BCUT2D eigenvalue weighted by Gasteiger charge is 1.94. The Kier molecular flexibility index (Phi) is 2.87. The number of hydrogen-bond acceptors (Lipinski definition) is 1. The second-order valence-corrected chi connectivity index (χ2v) is 1.77. The van der Waals surface area contributed by atoms with Crippen LogP contribution in [0.3, 0.4) is 0 Å². The van der Waals surface area contributed by atoms with Gasteiger partial charge in [-0.25, -0.2) is 0 Å². The smallest absolute Gasteiger partial charge is 0.0701 e. The lowest BCUT2D eigenvalue weighted by Gasteiger charge is -1.69. The van der Waals surface area contributed by atoms with Crippen molar-refractivity contribution in [3.8, 4) is 0 Å². The summed E-state index contributed by atoms with van der Waals surface area (Å²) >= 11 is 0. The van der Waals surface area contributed by atoms with E-state index in [-0.39, 0.29) is 0 Å². The summed E-state index contributed by atoms with van der Waals surface area (Å²) in [5, 5.41) is 0. The number of rotatable bonds is 0. The Bertz CT molecular complexity index is 105. The molecule has 48 valence electrons. The molecule has 0 saturated carbocycles. The summed E-state index contributed by atoms with van der Waals surface area (Å²) in [4.78, 5) is 0. The molecule has 1 aliphatic rings. The molecule has 1 aliphatic heterocycles. The van der Waals surface area contributed by atoms with Gasteiger partial charge in [0.15, 0.2) is 0 Å². The largest absolute Gasteiger partial charge is 0.377 e. The Morgan fingerprint density at radius 2 is 0.889 bits per heavy atom. The van der Waals surface area contributed by atoms with Gasteiger partial charge in [0.05, 0.1) is 13.2 Å². The molecule has 0 bridgehead atoms. The lowest BCUT2D eigenvalue weighted by molar-refractivity contribution is 0.475. The lowest BCUT2D eigenvalue weighted by atomic mass is 10.4. The summed E-state index contributed by atoms with van der Waals surface area (Å²) < 4.78 is 4.50. The summed E-state index contributed by atoms with van der Waals surface area (Å²) in [5.74, 6) is 0. The summed E-state index contributed by atoms with van der Waals surface area (Å²) in [6, 6.07) is 12.0. The van der Waals surface area contributed by atoms with Crippen LogP contribution in [0.5, 0.6) is 0 Å². The highest BCUT2D eigenvalue weighted by Crippen LogP contribution is 1.84. The van der Waals surface area contributed by atoms with E-state index in [1.54, 1.807) is 0 Å². The highest BCUT2D eigenvalue weighted by molar-refractivity contribution is 4.99. The number of ether oxygens (including phenoxy) is 1. The van der Waals surface area contributed by atoms with Crippen LogP contribution >= 0.6 is 0 Å². The third kappa shape index (κ3) is 5.04. The molecular weight excluding hydrogens is 112 g/mol. The SMILES string of the molecule is C1CO1.c1ccccc1. The molecular formula is C8H10O. The van der Waals surface area contributed by atoms with E-state index in [0.717, 1.165) is 13.2 Å². The van der Waals surface area contributed by atoms with Crippen LogP contribution in [0.4, 0.5) is 0 Å². The number of epoxide rings is 1. The van der Waals surface area contributed by atoms with E-state index in [1.807, 2.05) is 36.4 Å². The van der Waals surface area contributed by atoms with Crippen molar-refractivity contribution in [2.45, 2.75) is 0 Å². The Balaban J connectivity index is 0.000000112. The minimum Gasteiger partial charge on any atom is -0.377 e. The van der Waals surface area contributed by atoms with E-state index in [0.29, 0.717) is 0 Å². The van der Waals surface area contributed by atoms with E-state index >= 15 is 0 Å². The van der Waals surface area contributed by atoms with Crippen molar-refractivity contribution in [2.24, 2.45) is 0 Å². The molecule has 1 aromatic rings. The molecule has 0 aromatic heterocycles. The molecule has 1 nitrogen and oxygen atoms in total. The topological polar surface area (TPSA) is 12.5 Å². The maximum absolute atomic E-state index is 4.50. The van der Waals surface area contributed by atoms with Gasteiger partial charge in [-0.3, -0.25) is 0 Å². The Morgan fingerprint density at radius 3 is 1.00 bits per heavy atom. The second-order valence-electron chi connectivity index (χ2n) is 1.77. The first kappa shape index (κ1) is 6.30. The lowest BCUT2D eigenvalue weighted by Crippen LogP contribution is -1.47. The minimum absolute atomic E-state index is 1.00. The van der Waals surface area contributed by atoms with Crippen LogP contribution < -0.4 is 0 Å². The van der Waals surface area contributed by atoms with Gasteiger partial charge in [0.1, 0.15) is 0 Å². The predicted molar refractivity (Wildman–Crippen MR) is 37.3 cm³/mol. The van der Waals surface area contributed by atoms with Gasteiger partial charge in [0.25, 0.3) is 0 Å². The average Bonchev–Trinajstić information content (AvgIpc) is 2.76. The van der Waals surface area contributed by atoms with E-state index in [9.17, 15) is 0 Å². The monoisotopic (exact) mass is 122 g/mol. The van der Waals surface area contributed by atoms with Gasteiger partial charge in [-0.2, -0.15) is 0 Å². The molecule has 1 heterocycles. The molecule has 1 heteroatoms. The van der Waals surface area contributed by atoms with Crippen LogP contribution in [0.2, 0.25) is 0 Å². The van der Waals surface area contributed by atoms with Gasteiger partial charge in [-0.1, -0.05) is 36.4 Å². The zero-order chi connectivity index (χ0) is 6.36. The maximum atomic E-state index is 4.50. The molecule has 0 amide bonds. The normalized spacial score (nSPS) is 13.3. The van der Waals surface area contributed by atoms with Crippen molar-refractivity contribution in [3.63, 3.8) is 0 Å². The number of benzene rings is 1. The molecule has 1 aromatic carbocycles. The minimum atomic E-state index is 1.00. The molecule has 0 aliphatic carbocycles. The molecule has 9 heavy (non-hydrogen) atoms. The van der Waals surface area contributed by atoms with Crippen LogP contribution in [-0.4, -0.2) is 13.2 Å². The maximum Gasteiger partial charge on any atom is 0.0701 e. The fourth-order valence-corrected chi connectivity index (χ4v) is 0.385. The van der Waals surface area contributed by atoms with Crippen LogP contribution in [0.15, 0.2) is 36.4 Å². The first-order chi connectivity index (χ1) is 4.50. The van der Waals surface area contributed by atoms with Crippen molar-refractivity contribution in [3.05, 3.63) is 36.4 Å². The molecule has 2 rings (SSSR count). The fourth-order valence-electron chi connectivity index (χ4n) is 0.385. The zero-order valence-corrected chi connectivity index (χ0v) is 5.29. The van der Waals surface area contributed by atoms with Crippen LogP contribution in [-0.2, 0) is 4.74 Å².